The van der Waals surface area contributed by atoms with E-state index in [0.29, 0.717) is 37.7 Å². The van der Waals surface area contributed by atoms with Crippen LogP contribution >= 0.6 is 0 Å². The molecule has 2 fully saturated rings. The second-order valence-corrected chi connectivity index (χ2v) is 6.80. The Labute approximate surface area is 139 Å². The van der Waals surface area contributed by atoms with Gasteiger partial charge >= 0.3 is 6.18 Å². The predicted octanol–water partition coefficient (Wildman–Crippen LogP) is 3.23. The van der Waals surface area contributed by atoms with E-state index >= 15 is 0 Å². The number of nitrogens with zero attached hydrogens (tertiary/aromatic N) is 2. The number of nitrogens with one attached hydrogen (secondary N) is 1. The number of hydrogen-bond donors (Lipinski definition) is 1. The Hall–Kier alpha value is -1.79. The summed E-state index contributed by atoms with van der Waals surface area (Å²) in [5, 5.41) is 3.09. The van der Waals surface area contributed by atoms with Gasteiger partial charge in [-0.25, -0.2) is 4.98 Å². The molecule has 1 aliphatic carbocycles. The second-order valence-electron chi connectivity index (χ2n) is 6.80. The number of hydrogen-bond acceptors (Lipinski definition) is 3. The van der Waals surface area contributed by atoms with Gasteiger partial charge in [-0.05, 0) is 50.7 Å². The SMILES string of the molecule is C[C@@H](NC(=O)C1CCN(c2ccc(C(F)(F)F)cn2)CC1)C1CC1. The van der Waals surface area contributed by atoms with Gasteiger partial charge in [-0.3, -0.25) is 4.79 Å². The zero-order valence-corrected chi connectivity index (χ0v) is 13.6. The van der Waals surface area contributed by atoms with Crippen LogP contribution in [0.15, 0.2) is 18.3 Å². The highest BCUT2D eigenvalue weighted by Crippen LogP contribution is 2.33. The van der Waals surface area contributed by atoms with Gasteiger partial charge in [0.2, 0.25) is 5.91 Å². The van der Waals surface area contributed by atoms with Crippen molar-refractivity contribution < 1.29 is 18.0 Å². The highest BCUT2D eigenvalue weighted by atomic mass is 19.4. The number of carbonyl (C=O) groups excluding carboxylic acids is 1. The largest absolute Gasteiger partial charge is 0.417 e. The summed E-state index contributed by atoms with van der Waals surface area (Å²) in [5.41, 5.74) is -0.741. The maximum atomic E-state index is 12.6. The second kappa shape index (κ2) is 6.61. The summed E-state index contributed by atoms with van der Waals surface area (Å²) in [5.74, 6) is 1.25. The Morgan fingerprint density at radius 2 is 1.92 bits per heavy atom. The number of alkyl halides is 3. The summed E-state index contributed by atoms with van der Waals surface area (Å²) in [6.45, 7) is 3.32. The van der Waals surface area contributed by atoms with Gasteiger partial charge in [-0.15, -0.1) is 0 Å². The molecule has 1 aromatic rings. The van der Waals surface area contributed by atoms with E-state index in [4.69, 9.17) is 0 Å². The first-order chi connectivity index (χ1) is 11.3. The minimum Gasteiger partial charge on any atom is -0.357 e. The molecule has 0 unspecified atom stereocenters. The molecule has 0 aromatic carbocycles. The molecule has 1 atom stereocenters. The Balaban J connectivity index is 1.52. The van der Waals surface area contributed by atoms with Crippen molar-refractivity contribution in [2.24, 2.45) is 11.8 Å². The van der Waals surface area contributed by atoms with Crippen LogP contribution in [-0.2, 0) is 11.0 Å². The van der Waals surface area contributed by atoms with E-state index < -0.39 is 11.7 Å². The summed E-state index contributed by atoms with van der Waals surface area (Å²) >= 11 is 0. The molecule has 1 saturated heterocycles. The normalized spacial score (nSPS) is 20.8. The fourth-order valence-electron chi connectivity index (χ4n) is 3.17. The van der Waals surface area contributed by atoms with Crippen molar-refractivity contribution in [1.82, 2.24) is 10.3 Å². The highest BCUT2D eigenvalue weighted by Gasteiger charge is 2.33. The molecule has 1 saturated carbocycles. The molecule has 24 heavy (non-hydrogen) atoms. The van der Waals surface area contributed by atoms with Crippen LogP contribution < -0.4 is 10.2 Å². The number of anilines is 1. The van der Waals surface area contributed by atoms with Gasteiger partial charge in [-0.1, -0.05) is 0 Å². The van der Waals surface area contributed by atoms with Crippen LogP contribution in [0.2, 0.25) is 0 Å². The van der Waals surface area contributed by atoms with E-state index in [-0.39, 0.29) is 17.9 Å². The lowest BCUT2D eigenvalue weighted by Crippen LogP contribution is -2.43. The van der Waals surface area contributed by atoms with Gasteiger partial charge in [0.15, 0.2) is 0 Å². The minimum atomic E-state index is -4.37. The van der Waals surface area contributed by atoms with Gasteiger partial charge in [0.1, 0.15) is 5.82 Å². The Bertz CT molecular complexity index is 576. The number of aromatic nitrogens is 1. The maximum absolute atomic E-state index is 12.6. The molecule has 0 radical (unpaired) electrons. The van der Waals surface area contributed by atoms with Crippen LogP contribution in [0.5, 0.6) is 0 Å². The standard InChI is InChI=1S/C17H22F3N3O/c1-11(12-2-3-12)22-16(24)13-6-8-23(9-7-13)15-5-4-14(10-21-15)17(18,19)20/h4-5,10-13H,2-3,6-9H2,1H3,(H,22,24)/t11-/m1/s1. The van der Waals surface area contributed by atoms with Gasteiger partial charge in [-0.2, -0.15) is 13.2 Å². The number of pyridine rings is 1. The summed E-state index contributed by atoms with van der Waals surface area (Å²) in [6.07, 6.45) is 0.289. The summed E-state index contributed by atoms with van der Waals surface area (Å²) < 4.78 is 37.7. The zero-order chi connectivity index (χ0) is 17.3. The van der Waals surface area contributed by atoms with Crippen molar-refractivity contribution in [3.05, 3.63) is 23.9 Å². The number of halogens is 3. The van der Waals surface area contributed by atoms with Crippen molar-refractivity contribution >= 4 is 11.7 Å². The van der Waals surface area contributed by atoms with Crippen LogP contribution in [-0.4, -0.2) is 30.0 Å². The van der Waals surface area contributed by atoms with Crippen molar-refractivity contribution in [3.63, 3.8) is 0 Å². The van der Waals surface area contributed by atoms with Crippen LogP contribution in [0, 0.1) is 11.8 Å². The fraction of sp³-hybridized carbons (Fsp3) is 0.647. The van der Waals surface area contributed by atoms with E-state index in [1.807, 2.05) is 4.90 Å². The maximum Gasteiger partial charge on any atom is 0.417 e. The van der Waals surface area contributed by atoms with Crippen LogP contribution in [0.1, 0.15) is 38.2 Å². The topological polar surface area (TPSA) is 45.2 Å². The first-order valence-electron chi connectivity index (χ1n) is 8.43. The van der Waals surface area contributed by atoms with Crippen molar-refractivity contribution in [1.29, 1.82) is 0 Å². The third-order valence-corrected chi connectivity index (χ3v) is 4.96. The molecule has 1 amide bonds. The molecular weight excluding hydrogens is 319 g/mol. The molecule has 1 aliphatic heterocycles. The highest BCUT2D eigenvalue weighted by molar-refractivity contribution is 5.79. The monoisotopic (exact) mass is 341 g/mol. The molecule has 132 valence electrons. The quantitative estimate of drug-likeness (QED) is 0.914. The number of rotatable bonds is 4. The lowest BCUT2D eigenvalue weighted by atomic mass is 9.95. The van der Waals surface area contributed by atoms with E-state index in [1.165, 1.54) is 18.9 Å². The lowest BCUT2D eigenvalue weighted by Gasteiger charge is -2.32. The minimum absolute atomic E-state index is 0.0168. The van der Waals surface area contributed by atoms with Crippen LogP contribution in [0.4, 0.5) is 19.0 Å². The summed E-state index contributed by atoms with van der Waals surface area (Å²) in [7, 11) is 0. The average Bonchev–Trinajstić information content (AvgIpc) is 3.39. The summed E-state index contributed by atoms with van der Waals surface area (Å²) in [4.78, 5) is 18.1. The van der Waals surface area contributed by atoms with Gasteiger partial charge in [0.05, 0.1) is 5.56 Å². The molecule has 7 heteroatoms. The molecule has 2 aliphatic rings. The molecular formula is C17H22F3N3O. The van der Waals surface area contributed by atoms with Crippen molar-refractivity contribution in [2.45, 2.75) is 44.8 Å². The van der Waals surface area contributed by atoms with Crippen molar-refractivity contribution in [3.8, 4) is 0 Å². The van der Waals surface area contributed by atoms with E-state index in [2.05, 4.69) is 17.2 Å². The van der Waals surface area contributed by atoms with Gasteiger partial charge < -0.3 is 10.2 Å². The lowest BCUT2D eigenvalue weighted by molar-refractivity contribution is -0.137. The van der Waals surface area contributed by atoms with E-state index in [0.717, 1.165) is 12.3 Å². The van der Waals surface area contributed by atoms with E-state index in [9.17, 15) is 18.0 Å². The Morgan fingerprint density at radius 3 is 2.42 bits per heavy atom. The van der Waals surface area contributed by atoms with Crippen LogP contribution in [0.3, 0.4) is 0 Å². The zero-order valence-electron chi connectivity index (χ0n) is 13.6. The van der Waals surface area contributed by atoms with Crippen LogP contribution in [0.25, 0.3) is 0 Å². The Morgan fingerprint density at radius 1 is 1.25 bits per heavy atom. The predicted molar refractivity (Wildman–Crippen MR) is 84.5 cm³/mol. The molecule has 3 rings (SSSR count). The molecule has 1 aromatic heterocycles. The average molecular weight is 341 g/mol. The third kappa shape index (κ3) is 3.99. The summed E-state index contributed by atoms with van der Waals surface area (Å²) in [6, 6.07) is 2.70. The first kappa shape index (κ1) is 17.0. The molecule has 2 heterocycles. The van der Waals surface area contributed by atoms with Crippen molar-refractivity contribution in [2.75, 3.05) is 18.0 Å². The van der Waals surface area contributed by atoms with Gasteiger partial charge in [0.25, 0.3) is 0 Å². The molecule has 4 nitrogen and oxygen atoms in total. The molecule has 1 N–H and O–H groups in total. The number of piperidine rings is 1. The first-order valence-corrected chi connectivity index (χ1v) is 8.43. The Kier molecular flexibility index (Phi) is 4.69. The molecule has 0 bridgehead atoms. The number of amides is 1. The fourth-order valence-corrected chi connectivity index (χ4v) is 3.17. The van der Waals surface area contributed by atoms with E-state index in [1.54, 1.807) is 0 Å². The van der Waals surface area contributed by atoms with Gasteiger partial charge in [0, 0.05) is 31.2 Å². The smallest absolute Gasteiger partial charge is 0.357 e. The number of carbonyl (C=O) groups is 1. The third-order valence-electron chi connectivity index (χ3n) is 4.96. The molecule has 0 spiro atoms.